The molecule has 0 saturated heterocycles. The van der Waals surface area contributed by atoms with Gasteiger partial charge in [0.1, 0.15) is 5.75 Å². The number of carbonyl (C=O) groups excluding carboxylic acids is 1. The number of rotatable bonds is 4. The van der Waals surface area contributed by atoms with Crippen molar-refractivity contribution < 1.29 is 18.3 Å². The van der Waals surface area contributed by atoms with Crippen molar-refractivity contribution in [1.82, 2.24) is 0 Å². The number of benzene rings is 2. The minimum absolute atomic E-state index is 0.0972. The summed E-state index contributed by atoms with van der Waals surface area (Å²) in [6.07, 6.45) is 0. The quantitative estimate of drug-likeness (QED) is 0.773. The van der Waals surface area contributed by atoms with E-state index < -0.39 is 11.6 Å². The van der Waals surface area contributed by atoms with Crippen molar-refractivity contribution >= 4 is 21.7 Å². The van der Waals surface area contributed by atoms with Gasteiger partial charge in [-0.3, -0.25) is 4.79 Å². The molecule has 0 aliphatic rings. The zero-order valence-electron chi connectivity index (χ0n) is 10.6. The van der Waals surface area contributed by atoms with Crippen molar-refractivity contribution in [2.75, 3.05) is 6.61 Å². The molecule has 104 valence electrons. The van der Waals surface area contributed by atoms with E-state index in [2.05, 4.69) is 15.9 Å². The molecule has 5 heteroatoms. The van der Waals surface area contributed by atoms with Crippen molar-refractivity contribution in [3.63, 3.8) is 0 Å². The first-order valence-corrected chi connectivity index (χ1v) is 6.74. The molecule has 0 spiro atoms. The third-order valence-corrected chi connectivity index (χ3v) is 3.30. The molecule has 0 N–H and O–H groups in total. The molecule has 0 unspecified atom stereocenters. The van der Waals surface area contributed by atoms with Crippen LogP contribution in [0.1, 0.15) is 22.8 Å². The second-order valence-corrected chi connectivity index (χ2v) is 4.89. The maximum Gasteiger partial charge on any atom is 0.193 e. The van der Waals surface area contributed by atoms with E-state index in [0.29, 0.717) is 22.4 Å². The van der Waals surface area contributed by atoms with Crippen molar-refractivity contribution in [2.45, 2.75) is 6.92 Å². The van der Waals surface area contributed by atoms with Crippen molar-refractivity contribution in [3.8, 4) is 5.75 Å². The van der Waals surface area contributed by atoms with Crippen LogP contribution in [0, 0.1) is 11.6 Å². The molecular weight excluding hydrogens is 330 g/mol. The van der Waals surface area contributed by atoms with Crippen LogP contribution in [0.5, 0.6) is 5.75 Å². The maximum atomic E-state index is 13.1. The first-order chi connectivity index (χ1) is 9.52. The minimum Gasteiger partial charge on any atom is -0.493 e. The van der Waals surface area contributed by atoms with Gasteiger partial charge in [0.2, 0.25) is 0 Å². The first kappa shape index (κ1) is 14.7. The van der Waals surface area contributed by atoms with Gasteiger partial charge in [0.25, 0.3) is 0 Å². The summed E-state index contributed by atoms with van der Waals surface area (Å²) in [4.78, 5) is 12.2. The van der Waals surface area contributed by atoms with Gasteiger partial charge >= 0.3 is 0 Å². The Balaban J connectivity index is 2.33. The smallest absolute Gasteiger partial charge is 0.193 e. The molecule has 0 fully saturated rings. The number of hydrogen-bond acceptors (Lipinski definition) is 2. The fourth-order valence-corrected chi connectivity index (χ4v) is 2.21. The highest BCUT2D eigenvalue weighted by atomic mass is 79.9. The molecule has 0 atom stereocenters. The Labute approximate surface area is 123 Å². The molecule has 2 nitrogen and oxygen atoms in total. The molecule has 0 aliphatic carbocycles. The van der Waals surface area contributed by atoms with Gasteiger partial charge in [0, 0.05) is 11.1 Å². The molecule has 0 amide bonds. The van der Waals surface area contributed by atoms with Gasteiger partial charge < -0.3 is 4.74 Å². The van der Waals surface area contributed by atoms with Gasteiger partial charge in [-0.05, 0) is 59.3 Å². The lowest BCUT2D eigenvalue weighted by Gasteiger charge is -2.08. The van der Waals surface area contributed by atoms with Crippen molar-refractivity contribution in [3.05, 3.63) is 63.6 Å². The van der Waals surface area contributed by atoms with Gasteiger partial charge in [-0.2, -0.15) is 0 Å². The maximum absolute atomic E-state index is 13.1. The molecule has 0 saturated carbocycles. The number of ketones is 1. The zero-order valence-corrected chi connectivity index (χ0v) is 12.2. The number of halogens is 3. The Morgan fingerprint density at radius 1 is 1.10 bits per heavy atom. The normalized spacial score (nSPS) is 10.4. The number of ether oxygens (including phenoxy) is 1. The predicted molar refractivity (Wildman–Crippen MR) is 75.1 cm³/mol. The standard InChI is InChI=1S/C15H11BrF2O2/c1-2-20-14-6-4-9(7-11(14)16)15(19)10-3-5-12(17)13(18)8-10/h3-8H,2H2,1H3. The van der Waals surface area contributed by atoms with Crippen LogP contribution in [-0.2, 0) is 0 Å². The van der Waals surface area contributed by atoms with Crippen molar-refractivity contribution in [1.29, 1.82) is 0 Å². The van der Waals surface area contributed by atoms with Crippen LogP contribution in [0.25, 0.3) is 0 Å². The summed E-state index contributed by atoms with van der Waals surface area (Å²) in [7, 11) is 0. The van der Waals surface area contributed by atoms with Crippen LogP contribution < -0.4 is 4.74 Å². The molecule has 2 rings (SSSR count). The van der Waals surface area contributed by atoms with E-state index in [9.17, 15) is 13.6 Å². The highest BCUT2D eigenvalue weighted by Crippen LogP contribution is 2.27. The van der Waals surface area contributed by atoms with E-state index in [1.54, 1.807) is 18.2 Å². The Hall–Kier alpha value is -1.75. The van der Waals surface area contributed by atoms with Gasteiger partial charge in [0.05, 0.1) is 11.1 Å². The van der Waals surface area contributed by atoms with Crippen LogP contribution in [0.2, 0.25) is 0 Å². The molecule has 2 aromatic carbocycles. The van der Waals surface area contributed by atoms with Crippen LogP contribution in [-0.4, -0.2) is 12.4 Å². The highest BCUT2D eigenvalue weighted by molar-refractivity contribution is 9.10. The molecule has 0 aromatic heterocycles. The Morgan fingerprint density at radius 3 is 2.35 bits per heavy atom. The van der Waals surface area contributed by atoms with E-state index in [0.717, 1.165) is 12.1 Å². The Kier molecular flexibility index (Phi) is 4.49. The van der Waals surface area contributed by atoms with E-state index in [4.69, 9.17) is 4.74 Å². The number of carbonyl (C=O) groups is 1. The first-order valence-electron chi connectivity index (χ1n) is 5.95. The lowest BCUT2D eigenvalue weighted by molar-refractivity contribution is 0.103. The summed E-state index contributed by atoms with van der Waals surface area (Å²) in [5.74, 6) is -1.78. The largest absolute Gasteiger partial charge is 0.493 e. The predicted octanol–water partition coefficient (Wildman–Crippen LogP) is 4.36. The summed E-state index contributed by atoms with van der Waals surface area (Å²) in [6.45, 7) is 2.36. The monoisotopic (exact) mass is 340 g/mol. The van der Waals surface area contributed by atoms with Gasteiger partial charge in [-0.1, -0.05) is 0 Å². The van der Waals surface area contributed by atoms with Crippen LogP contribution in [0.4, 0.5) is 8.78 Å². The minimum atomic E-state index is -1.04. The average molecular weight is 341 g/mol. The van der Waals surface area contributed by atoms with Crippen LogP contribution in [0.15, 0.2) is 40.9 Å². The second-order valence-electron chi connectivity index (χ2n) is 4.04. The van der Waals surface area contributed by atoms with Gasteiger partial charge in [-0.15, -0.1) is 0 Å². The fraction of sp³-hybridized carbons (Fsp3) is 0.133. The summed E-state index contributed by atoms with van der Waals surface area (Å²) in [6, 6.07) is 7.91. The molecule has 0 bridgehead atoms. The average Bonchev–Trinajstić information content (AvgIpc) is 2.43. The lowest BCUT2D eigenvalue weighted by atomic mass is 10.0. The highest BCUT2D eigenvalue weighted by Gasteiger charge is 2.13. The van der Waals surface area contributed by atoms with Gasteiger partial charge in [-0.25, -0.2) is 8.78 Å². The van der Waals surface area contributed by atoms with E-state index in [-0.39, 0.29) is 11.3 Å². The number of hydrogen-bond donors (Lipinski definition) is 0. The lowest BCUT2D eigenvalue weighted by Crippen LogP contribution is -2.03. The zero-order chi connectivity index (χ0) is 14.7. The molecule has 0 heterocycles. The van der Waals surface area contributed by atoms with Crippen LogP contribution >= 0.6 is 15.9 Å². The molecular formula is C15H11BrF2O2. The Bertz CT molecular complexity index is 656. The summed E-state index contributed by atoms with van der Waals surface area (Å²) in [5.41, 5.74) is 0.464. The molecule has 2 aromatic rings. The summed E-state index contributed by atoms with van der Waals surface area (Å²) in [5, 5.41) is 0. The summed E-state index contributed by atoms with van der Waals surface area (Å²) >= 11 is 3.30. The third-order valence-electron chi connectivity index (χ3n) is 2.68. The van der Waals surface area contributed by atoms with Crippen molar-refractivity contribution in [2.24, 2.45) is 0 Å². The SMILES string of the molecule is CCOc1ccc(C(=O)c2ccc(F)c(F)c2)cc1Br. The van der Waals surface area contributed by atoms with E-state index in [1.165, 1.54) is 6.07 Å². The van der Waals surface area contributed by atoms with Gasteiger partial charge in [0.15, 0.2) is 17.4 Å². The fourth-order valence-electron chi connectivity index (χ4n) is 1.72. The third kappa shape index (κ3) is 3.04. The molecule has 0 aliphatic heterocycles. The van der Waals surface area contributed by atoms with E-state index >= 15 is 0 Å². The second kappa shape index (κ2) is 6.13. The van der Waals surface area contributed by atoms with E-state index in [1.807, 2.05) is 6.92 Å². The Morgan fingerprint density at radius 2 is 1.75 bits per heavy atom. The molecule has 0 radical (unpaired) electrons. The summed E-state index contributed by atoms with van der Waals surface area (Å²) < 4.78 is 32.0. The van der Waals surface area contributed by atoms with Crippen LogP contribution in [0.3, 0.4) is 0 Å². The topological polar surface area (TPSA) is 26.3 Å². The molecule has 20 heavy (non-hydrogen) atoms.